The van der Waals surface area contributed by atoms with Crippen LogP contribution in [0.4, 0.5) is 5.69 Å². The minimum Gasteiger partial charge on any atom is -0.463 e. The van der Waals surface area contributed by atoms with Crippen LogP contribution in [0.3, 0.4) is 0 Å². The summed E-state index contributed by atoms with van der Waals surface area (Å²) < 4.78 is 9.66. The number of esters is 2. The average molecular weight is 251 g/mol. The van der Waals surface area contributed by atoms with Crippen molar-refractivity contribution in [2.24, 2.45) is 0 Å². The van der Waals surface area contributed by atoms with E-state index in [1.807, 2.05) is 6.92 Å². The summed E-state index contributed by atoms with van der Waals surface area (Å²) in [6.45, 7) is 1.97. The highest BCUT2D eigenvalue weighted by molar-refractivity contribution is 5.91. The Hall–Kier alpha value is -2.04. The van der Waals surface area contributed by atoms with Gasteiger partial charge in [-0.2, -0.15) is 0 Å². The van der Waals surface area contributed by atoms with Gasteiger partial charge in [-0.15, -0.1) is 0 Å². The van der Waals surface area contributed by atoms with Gasteiger partial charge in [-0.1, -0.05) is 19.4 Å². The first-order chi connectivity index (χ1) is 8.63. The van der Waals surface area contributed by atoms with Crippen molar-refractivity contribution < 1.29 is 19.1 Å². The topological polar surface area (TPSA) is 78.6 Å². The van der Waals surface area contributed by atoms with Gasteiger partial charge in [0.2, 0.25) is 0 Å². The number of anilines is 1. The fraction of sp³-hybridized carbons (Fsp3) is 0.385. The molecule has 0 fully saturated rings. The maximum atomic E-state index is 11.5. The van der Waals surface area contributed by atoms with Crippen LogP contribution in [0.5, 0.6) is 0 Å². The Morgan fingerprint density at radius 2 is 2.06 bits per heavy atom. The van der Waals surface area contributed by atoms with E-state index in [-0.39, 0.29) is 6.61 Å². The van der Waals surface area contributed by atoms with E-state index in [1.165, 1.54) is 6.07 Å². The lowest BCUT2D eigenvalue weighted by atomic mass is 10.2. The van der Waals surface area contributed by atoms with Gasteiger partial charge in [0.1, 0.15) is 0 Å². The number of carbonyl (C=O) groups is 2. The zero-order valence-electron chi connectivity index (χ0n) is 10.3. The zero-order valence-corrected chi connectivity index (χ0v) is 10.3. The van der Waals surface area contributed by atoms with Crippen LogP contribution in [-0.4, -0.2) is 25.2 Å². The smallest absolute Gasteiger partial charge is 0.344 e. The molecule has 0 aliphatic carbocycles. The van der Waals surface area contributed by atoms with Gasteiger partial charge in [0.15, 0.2) is 6.61 Å². The molecule has 0 saturated heterocycles. The number of carbonyl (C=O) groups excluding carboxylic acids is 2. The number of ether oxygens (including phenoxy) is 2. The Labute approximate surface area is 106 Å². The molecule has 2 N–H and O–H groups in total. The third-order valence-corrected chi connectivity index (χ3v) is 2.20. The molecule has 18 heavy (non-hydrogen) atoms. The molecule has 0 amide bonds. The van der Waals surface area contributed by atoms with Gasteiger partial charge in [-0.25, -0.2) is 9.59 Å². The number of nitrogen functional groups attached to an aromatic ring is 1. The Kier molecular flexibility index (Phi) is 5.70. The van der Waals surface area contributed by atoms with Gasteiger partial charge in [-0.05, 0) is 24.6 Å². The third-order valence-electron chi connectivity index (χ3n) is 2.20. The molecule has 0 aromatic heterocycles. The molecule has 0 aliphatic rings. The molecule has 5 nitrogen and oxygen atoms in total. The SMILES string of the molecule is CCCCOC(=O)COC(=O)c1cccc(N)c1. The highest BCUT2D eigenvalue weighted by Gasteiger charge is 2.10. The molecule has 0 unspecified atom stereocenters. The molecule has 0 bridgehead atoms. The van der Waals surface area contributed by atoms with E-state index in [0.29, 0.717) is 17.9 Å². The Morgan fingerprint density at radius 1 is 1.28 bits per heavy atom. The number of unbranched alkanes of at least 4 members (excludes halogenated alkanes) is 1. The lowest BCUT2D eigenvalue weighted by Crippen LogP contribution is -2.17. The van der Waals surface area contributed by atoms with Gasteiger partial charge < -0.3 is 15.2 Å². The predicted octanol–water partition coefficient (Wildman–Crippen LogP) is 1.77. The largest absolute Gasteiger partial charge is 0.463 e. The first-order valence-electron chi connectivity index (χ1n) is 5.81. The standard InChI is InChI=1S/C13H17NO4/c1-2-3-7-17-12(15)9-18-13(16)10-5-4-6-11(14)8-10/h4-6,8H,2-3,7,9,14H2,1H3. The van der Waals surface area contributed by atoms with Crippen molar-refractivity contribution >= 4 is 17.6 Å². The number of hydrogen-bond donors (Lipinski definition) is 1. The molecule has 0 aliphatic heterocycles. The summed E-state index contributed by atoms with van der Waals surface area (Å²) in [6.07, 6.45) is 1.74. The van der Waals surface area contributed by atoms with Crippen molar-refractivity contribution in [3.05, 3.63) is 29.8 Å². The number of rotatable bonds is 6. The van der Waals surface area contributed by atoms with Crippen LogP contribution in [0.15, 0.2) is 24.3 Å². The number of hydrogen-bond acceptors (Lipinski definition) is 5. The molecule has 0 atom stereocenters. The first kappa shape index (κ1) is 14.0. The van der Waals surface area contributed by atoms with Gasteiger partial charge >= 0.3 is 11.9 Å². The van der Waals surface area contributed by atoms with Crippen LogP contribution in [0.2, 0.25) is 0 Å². The van der Waals surface area contributed by atoms with Crippen molar-refractivity contribution in [1.82, 2.24) is 0 Å². The van der Waals surface area contributed by atoms with Crippen LogP contribution in [0.1, 0.15) is 30.1 Å². The van der Waals surface area contributed by atoms with Crippen molar-refractivity contribution in [3.63, 3.8) is 0 Å². The first-order valence-corrected chi connectivity index (χ1v) is 5.81. The van der Waals surface area contributed by atoms with Gasteiger partial charge in [0.25, 0.3) is 0 Å². The molecular weight excluding hydrogens is 234 g/mol. The molecule has 98 valence electrons. The molecule has 1 rings (SSSR count). The van der Waals surface area contributed by atoms with E-state index in [9.17, 15) is 9.59 Å². The van der Waals surface area contributed by atoms with E-state index in [2.05, 4.69) is 0 Å². The average Bonchev–Trinajstić information content (AvgIpc) is 2.36. The molecule has 1 aromatic carbocycles. The van der Waals surface area contributed by atoms with Gasteiger partial charge in [0, 0.05) is 5.69 Å². The lowest BCUT2D eigenvalue weighted by Gasteiger charge is -2.06. The lowest BCUT2D eigenvalue weighted by molar-refractivity contribution is -0.147. The molecule has 0 saturated carbocycles. The second-order valence-electron chi connectivity index (χ2n) is 3.78. The zero-order chi connectivity index (χ0) is 13.4. The van der Waals surface area contributed by atoms with E-state index in [1.54, 1.807) is 18.2 Å². The van der Waals surface area contributed by atoms with Crippen molar-refractivity contribution in [3.8, 4) is 0 Å². The van der Waals surface area contributed by atoms with Crippen LogP contribution in [0.25, 0.3) is 0 Å². The summed E-state index contributed by atoms with van der Waals surface area (Å²) in [4.78, 5) is 22.7. The van der Waals surface area contributed by atoms with Crippen LogP contribution >= 0.6 is 0 Å². The molecular formula is C13H17NO4. The van der Waals surface area contributed by atoms with Crippen molar-refractivity contribution in [2.45, 2.75) is 19.8 Å². The summed E-state index contributed by atoms with van der Waals surface area (Å²) in [5.74, 6) is -1.13. The fourth-order valence-corrected chi connectivity index (χ4v) is 1.25. The second kappa shape index (κ2) is 7.32. The molecule has 0 radical (unpaired) electrons. The summed E-state index contributed by atoms with van der Waals surface area (Å²) >= 11 is 0. The number of benzene rings is 1. The fourth-order valence-electron chi connectivity index (χ4n) is 1.25. The van der Waals surface area contributed by atoms with Crippen LogP contribution < -0.4 is 5.73 Å². The summed E-state index contributed by atoms with van der Waals surface area (Å²) in [5.41, 5.74) is 6.32. The normalized spacial score (nSPS) is 9.83. The Balaban J connectivity index is 2.35. The van der Waals surface area contributed by atoms with E-state index in [4.69, 9.17) is 15.2 Å². The predicted molar refractivity (Wildman–Crippen MR) is 67.0 cm³/mol. The Bertz CT molecular complexity index is 417. The van der Waals surface area contributed by atoms with E-state index < -0.39 is 11.9 Å². The van der Waals surface area contributed by atoms with Crippen LogP contribution in [-0.2, 0) is 14.3 Å². The third kappa shape index (κ3) is 4.86. The summed E-state index contributed by atoms with van der Waals surface area (Å²) in [5, 5.41) is 0. The van der Waals surface area contributed by atoms with Crippen molar-refractivity contribution in [2.75, 3.05) is 18.9 Å². The van der Waals surface area contributed by atoms with Crippen molar-refractivity contribution in [1.29, 1.82) is 0 Å². The second-order valence-corrected chi connectivity index (χ2v) is 3.78. The highest BCUT2D eigenvalue weighted by atomic mass is 16.6. The van der Waals surface area contributed by atoms with Gasteiger partial charge in [-0.3, -0.25) is 0 Å². The molecule has 5 heteroatoms. The van der Waals surface area contributed by atoms with Crippen LogP contribution in [0, 0.1) is 0 Å². The van der Waals surface area contributed by atoms with Gasteiger partial charge in [0.05, 0.1) is 12.2 Å². The van der Waals surface area contributed by atoms with E-state index in [0.717, 1.165) is 12.8 Å². The summed E-state index contributed by atoms with van der Waals surface area (Å²) in [7, 11) is 0. The maximum Gasteiger partial charge on any atom is 0.344 e. The molecule has 0 heterocycles. The highest BCUT2D eigenvalue weighted by Crippen LogP contribution is 2.07. The summed E-state index contributed by atoms with van der Waals surface area (Å²) in [6, 6.07) is 6.37. The minimum atomic E-state index is -0.588. The quantitative estimate of drug-likeness (QED) is 0.473. The monoisotopic (exact) mass is 251 g/mol. The molecule has 0 spiro atoms. The van der Waals surface area contributed by atoms with E-state index >= 15 is 0 Å². The minimum absolute atomic E-state index is 0.316. The number of nitrogens with two attached hydrogens (primary N) is 1. The molecule has 1 aromatic rings. The maximum absolute atomic E-state index is 11.5. The Morgan fingerprint density at radius 3 is 2.72 bits per heavy atom.